The molecule has 2 amide bonds. The molecule has 6 nitrogen and oxygen atoms in total. The fourth-order valence-electron chi connectivity index (χ4n) is 3.37. The maximum atomic E-state index is 12.6. The lowest BCUT2D eigenvalue weighted by atomic mass is 10.2. The second-order valence-corrected chi connectivity index (χ2v) is 8.93. The third-order valence-electron chi connectivity index (χ3n) is 4.96. The Labute approximate surface area is 205 Å². The molecule has 0 unspecified atom stereocenters. The Morgan fingerprint density at radius 1 is 1.06 bits per heavy atom. The highest BCUT2D eigenvalue weighted by molar-refractivity contribution is 9.11. The van der Waals surface area contributed by atoms with Gasteiger partial charge in [-0.15, -0.1) is 0 Å². The Morgan fingerprint density at radius 2 is 1.70 bits per heavy atom. The van der Waals surface area contributed by atoms with E-state index in [1.165, 1.54) is 6.08 Å². The van der Waals surface area contributed by atoms with Crippen molar-refractivity contribution in [2.45, 2.75) is 6.18 Å². The lowest BCUT2D eigenvalue weighted by Gasteiger charge is -2.36. The van der Waals surface area contributed by atoms with E-state index in [0.717, 1.165) is 19.5 Å². The van der Waals surface area contributed by atoms with E-state index in [0.29, 0.717) is 30.1 Å². The van der Waals surface area contributed by atoms with E-state index in [1.807, 2.05) is 17.0 Å². The van der Waals surface area contributed by atoms with Gasteiger partial charge in [-0.05, 0) is 58.4 Å². The third-order valence-corrected chi connectivity index (χ3v) is 6.01. The number of methoxy groups -OCH3 is 1. The fourth-order valence-corrected chi connectivity index (χ4v) is 4.79. The summed E-state index contributed by atoms with van der Waals surface area (Å²) in [4.78, 5) is 26.4. The molecule has 11 heteroatoms. The van der Waals surface area contributed by atoms with Gasteiger partial charge in [0.1, 0.15) is 5.75 Å². The summed E-state index contributed by atoms with van der Waals surface area (Å²) in [5.41, 5.74) is 2.08. The molecule has 0 aromatic heterocycles. The normalized spacial score (nSPS) is 14.5. The first-order valence-electron chi connectivity index (χ1n) is 9.81. The SMILES string of the molecule is COc1c(Br)cc(Br)cc1/C=C/C(=O)Nc1ccc(N2CCN(C(=O)C(F)(F)F)CC2)cc1. The fraction of sp³-hybridized carbons (Fsp3) is 0.273. The highest BCUT2D eigenvalue weighted by atomic mass is 79.9. The minimum Gasteiger partial charge on any atom is -0.495 e. The predicted molar refractivity (Wildman–Crippen MR) is 127 cm³/mol. The first kappa shape index (κ1) is 25.1. The highest BCUT2D eigenvalue weighted by Gasteiger charge is 2.43. The van der Waals surface area contributed by atoms with E-state index >= 15 is 0 Å². The highest BCUT2D eigenvalue weighted by Crippen LogP contribution is 2.33. The number of hydrogen-bond acceptors (Lipinski definition) is 4. The maximum absolute atomic E-state index is 12.6. The van der Waals surface area contributed by atoms with Crippen molar-refractivity contribution in [3.8, 4) is 5.75 Å². The molecule has 1 N–H and O–H groups in total. The summed E-state index contributed by atoms with van der Waals surface area (Å²) in [6, 6.07) is 10.6. The smallest absolute Gasteiger partial charge is 0.471 e. The Bertz CT molecular complexity index is 1050. The van der Waals surface area contributed by atoms with Crippen molar-refractivity contribution in [1.82, 2.24) is 4.90 Å². The van der Waals surface area contributed by atoms with Crippen molar-refractivity contribution in [2.75, 3.05) is 43.5 Å². The summed E-state index contributed by atoms with van der Waals surface area (Å²) in [6.45, 7) is 0.578. The molecule has 0 atom stereocenters. The van der Waals surface area contributed by atoms with Gasteiger partial charge in [0, 0.05) is 53.7 Å². The van der Waals surface area contributed by atoms with Crippen LogP contribution in [0.15, 0.2) is 51.4 Å². The summed E-state index contributed by atoms with van der Waals surface area (Å²) in [7, 11) is 1.54. The van der Waals surface area contributed by atoms with Gasteiger partial charge in [-0.2, -0.15) is 13.2 Å². The minimum absolute atomic E-state index is 0.00317. The van der Waals surface area contributed by atoms with Crippen molar-refractivity contribution in [1.29, 1.82) is 0 Å². The number of nitrogens with zero attached hydrogens (tertiary/aromatic N) is 2. The second-order valence-electron chi connectivity index (χ2n) is 7.16. The topological polar surface area (TPSA) is 61.9 Å². The van der Waals surface area contributed by atoms with E-state index in [1.54, 1.807) is 37.5 Å². The molecule has 0 radical (unpaired) electrons. The number of amides is 2. The molecule has 1 aliphatic rings. The van der Waals surface area contributed by atoms with Gasteiger partial charge in [0.25, 0.3) is 0 Å². The predicted octanol–water partition coefficient (Wildman–Crippen LogP) is 5.08. The molecule has 0 spiro atoms. The van der Waals surface area contributed by atoms with Crippen LogP contribution in [0.1, 0.15) is 5.56 Å². The molecule has 33 heavy (non-hydrogen) atoms. The summed E-state index contributed by atoms with van der Waals surface area (Å²) in [6.07, 6.45) is -1.82. The van der Waals surface area contributed by atoms with Crippen LogP contribution >= 0.6 is 31.9 Å². The molecule has 176 valence electrons. The van der Waals surface area contributed by atoms with Crippen LogP contribution in [0, 0.1) is 0 Å². The lowest BCUT2D eigenvalue weighted by molar-refractivity contribution is -0.185. The van der Waals surface area contributed by atoms with Crippen molar-refractivity contribution in [3.63, 3.8) is 0 Å². The Balaban J connectivity index is 1.58. The van der Waals surface area contributed by atoms with Crippen LogP contribution in [-0.2, 0) is 9.59 Å². The first-order valence-corrected chi connectivity index (χ1v) is 11.4. The quantitative estimate of drug-likeness (QED) is 0.493. The van der Waals surface area contributed by atoms with Gasteiger partial charge in [0.15, 0.2) is 0 Å². The van der Waals surface area contributed by atoms with Crippen LogP contribution in [0.3, 0.4) is 0 Å². The molecule has 0 bridgehead atoms. The Hall–Kier alpha value is -2.53. The molecule has 2 aromatic rings. The largest absolute Gasteiger partial charge is 0.495 e. The molecule has 3 rings (SSSR count). The van der Waals surface area contributed by atoms with Gasteiger partial charge in [-0.3, -0.25) is 9.59 Å². The number of rotatable bonds is 5. The minimum atomic E-state index is -4.85. The summed E-state index contributed by atoms with van der Waals surface area (Å²) >= 11 is 6.82. The summed E-state index contributed by atoms with van der Waals surface area (Å²) in [5.74, 6) is -1.54. The maximum Gasteiger partial charge on any atom is 0.471 e. The van der Waals surface area contributed by atoms with Crippen LogP contribution < -0.4 is 15.0 Å². The van der Waals surface area contributed by atoms with Crippen molar-refractivity contribution in [2.24, 2.45) is 0 Å². The van der Waals surface area contributed by atoms with Gasteiger partial charge >= 0.3 is 12.1 Å². The number of ether oxygens (including phenoxy) is 1. The van der Waals surface area contributed by atoms with Gasteiger partial charge in [-0.1, -0.05) is 15.9 Å². The number of halogens is 5. The number of hydrogen-bond donors (Lipinski definition) is 1. The van der Waals surface area contributed by atoms with Crippen molar-refractivity contribution < 1.29 is 27.5 Å². The molecule has 1 saturated heterocycles. The Kier molecular flexibility index (Phi) is 8.06. The van der Waals surface area contributed by atoms with Crippen LogP contribution in [0.5, 0.6) is 5.75 Å². The zero-order chi connectivity index (χ0) is 24.2. The number of anilines is 2. The molecule has 1 fully saturated rings. The van der Waals surface area contributed by atoms with Crippen molar-refractivity contribution in [3.05, 3.63) is 57.0 Å². The van der Waals surface area contributed by atoms with Gasteiger partial charge in [0.05, 0.1) is 11.6 Å². The third kappa shape index (κ3) is 6.50. The number of alkyl halides is 3. The Morgan fingerprint density at radius 3 is 2.27 bits per heavy atom. The molecule has 2 aromatic carbocycles. The van der Waals surface area contributed by atoms with E-state index in [9.17, 15) is 22.8 Å². The van der Waals surface area contributed by atoms with Crippen molar-refractivity contribution >= 4 is 61.1 Å². The molecule has 1 aliphatic heterocycles. The second kappa shape index (κ2) is 10.6. The number of carbonyl (C=O) groups is 2. The van der Waals surface area contributed by atoms with Crippen LogP contribution in [0.2, 0.25) is 0 Å². The van der Waals surface area contributed by atoms with E-state index in [4.69, 9.17) is 4.74 Å². The van der Waals surface area contributed by atoms with Crippen LogP contribution in [-0.4, -0.2) is 56.2 Å². The first-order chi connectivity index (χ1) is 15.6. The standard InChI is InChI=1S/C22H20Br2F3N3O3/c1-33-20-14(12-15(23)13-18(20)24)2-7-19(31)28-16-3-5-17(6-4-16)29-8-10-30(11-9-29)21(32)22(25,26)27/h2-7,12-13H,8-11H2,1H3,(H,28,31)/b7-2+. The zero-order valence-electron chi connectivity index (χ0n) is 17.5. The molecule has 0 aliphatic carbocycles. The van der Waals surface area contributed by atoms with Gasteiger partial charge in [0.2, 0.25) is 5.91 Å². The average Bonchev–Trinajstić information content (AvgIpc) is 2.77. The van der Waals surface area contributed by atoms with E-state index in [2.05, 4.69) is 37.2 Å². The van der Waals surface area contributed by atoms with Crippen LogP contribution in [0.4, 0.5) is 24.5 Å². The number of piperazine rings is 1. The molecule has 0 saturated carbocycles. The average molecular weight is 591 g/mol. The van der Waals surface area contributed by atoms with E-state index < -0.39 is 12.1 Å². The van der Waals surface area contributed by atoms with Crippen LogP contribution in [0.25, 0.3) is 6.08 Å². The summed E-state index contributed by atoms with van der Waals surface area (Å²) in [5, 5.41) is 2.76. The van der Waals surface area contributed by atoms with Gasteiger partial charge in [-0.25, -0.2) is 0 Å². The number of nitrogens with one attached hydrogen (secondary N) is 1. The van der Waals surface area contributed by atoms with Gasteiger partial charge < -0.3 is 19.9 Å². The molecular formula is C22H20Br2F3N3O3. The van der Waals surface area contributed by atoms with E-state index in [-0.39, 0.29) is 19.0 Å². The summed E-state index contributed by atoms with van der Waals surface area (Å²) < 4.78 is 44.7. The number of benzene rings is 2. The lowest BCUT2D eigenvalue weighted by Crippen LogP contribution is -2.52. The monoisotopic (exact) mass is 589 g/mol. The molecule has 1 heterocycles. The zero-order valence-corrected chi connectivity index (χ0v) is 20.6. The number of carbonyl (C=O) groups excluding carboxylic acids is 2. The molecular weight excluding hydrogens is 571 g/mol.